The van der Waals surface area contributed by atoms with Crippen LogP contribution in [0.4, 0.5) is 5.82 Å². The molecule has 0 aromatic carbocycles. The van der Waals surface area contributed by atoms with Gasteiger partial charge in [0.1, 0.15) is 5.82 Å². The molecule has 0 spiro atoms. The number of aromatic amines is 1. The highest BCUT2D eigenvalue weighted by Crippen LogP contribution is 2.03. The quantitative estimate of drug-likeness (QED) is 0.717. The maximum absolute atomic E-state index is 10.8. The Morgan fingerprint density at radius 3 is 3.00 bits per heavy atom. The standard InChI is InChI=1S/C8H13N3O/c1-3-6-11(2)7-4-5-9-8(12)10-7/h4-5H,3,6H2,1-2H3,(H,9,10,12). The van der Waals surface area contributed by atoms with Crippen molar-refractivity contribution in [2.45, 2.75) is 13.3 Å². The number of anilines is 1. The van der Waals surface area contributed by atoms with Crippen LogP contribution in [0.1, 0.15) is 13.3 Å². The van der Waals surface area contributed by atoms with Crippen LogP contribution in [0, 0.1) is 0 Å². The highest BCUT2D eigenvalue weighted by Gasteiger charge is 1.98. The summed E-state index contributed by atoms with van der Waals surface area (Å²) in [5.41, 5.74) is -0.296. The number of nitrogens with one attached hydrogen (secondary N) is 1. The number of nitrogens with zero attached hydrogens (tertiary/aromatic N) is 2. The topological polar surface area (TPSA) is 49.0 Å². The van der Waals surface area contributed by atoms with Crippen molar-refractivity contribution in [3.05, 3.63) is 22.7 Å². The van der Waals surface area contributed by atoms with E-state index in [9.17, 15) is 4.79 Å². The molecular formula is C8H13N3O. The molecule has 1 N–H and O–H groups in total. The molecule has 4 heteroatoms. The minimum Gasteiger partial charge on any atom is -0.361 e. The molecule has 0 saturated heterocycles. The van der Waals surface area contributed by atoms with E-state index in [-0.39, 0.29) is 5.69 Å². The second kappa shape index (κ2) is 3.90. The third kappa shape index (κ3) is 2.08. The summed E-state index contributed by atoms with van der Waals surface area (Å²) in [6.45, 7) is 3.02. The van der Waals surface area contributed by atoms with Crippen LogP contribution in [-0.2, 0) is 0 Å². The molecule has 12 heavy (non-hydrogen) atoms. The van der Waals surface area contributed by atoms with E-state index in [4.69, 9.17) is 0 Å². The SMILES string of the molecule is CCCN(C)c1ccnc(=O)[nH]1. The average Bonchev–Trinajstić information content (AvgIpc) is 2.05. The summed E-state index contributed by atoms with van der Waals surface area (Å²) in [5, 5.41) is 0. The number of rotatable bonds is 3. The molecule has 1 aromatic heterocycles. The van der Waals surface area contributed by atoms with Gasteiger partial charge in [-0.15, -0.1) is 0 Å². The first kappa shape index (κ1) is 8.77. The van der Waals surface area contributed by atoms with Crippen molar-refractivity contribution < 1.29 is 0 Å². The van der Waals surface area contributed by atoms with Crippen LogP contribution in [0.2, 0.25) is 0 Å². The van der Waals surface area contributed by atoms with Gasteiger partial charge >= 0.3 is 5.69 Å². The lowest BCUT2D eigenvalue weighted by atomic mass is 10.4. The predicted molar refractivity (Wildman–Crippen MR) is 48.4 cm³/mol. The van der Waals surface area contributed by atoms with Crippen molar-refractivity contribution in [1.82, 2.24) is 9.97 Å². The van der Waals surface area contributed by atoms with E-state index in [1.54, 1.807) is 6.07 Å². The van der Waals surface area contributed by atoms with Gasteiger partial charge in [0.05, 0.1) is 0 Å². The van der Waals surface area contributed by atoms with Gasteiger partial charge in [0.2, 0.25) is 0 Å². The molecule has 0 radical (unpaired) electrons. The van der Waals surface area contributed by atoms with Crippen LogP contribution in [-0.4, -0.2) is 23.6 Å². The number of hydrogen-bond acceptors (Lipinski definition) is 3. The lowest BCUT2D eigenvalue weighted by Gasteiger charge is -2.16. The van der Waals surface area contributed by atoms with Crippen molar-refractivity contribution >= 4 is 5.82 Å². The van der Waals surface area contributed by atoms with Gasteiger partial charge in [-0.05, 0) is 12.5 Å². The maximum Gasteiger partial charge on any atom is 0.346 e. The van der Waals surface area contributed by atoms with Crippen molar-refractivity contribution in [2.24, 2.45) is 0 Å². The van der Waals surface area contributed by atoms with E-state index >= 15 is 0 Å². The van der Waals surface area contributed by atoms with Gasteiger partial charge in [0.25, 0.3) is 0 Å². The molecule has 66 valence electrons. The smallest absolute Gasteiger partial charge is 0.346 e. The average molecular weight is 167 g/mol. The molecule has 0 aliphatic rings. The molecule has 0 saturated carbocycles. The maximum atomic E-state index is 10.8. The van der Waals surface area contributed by atoms with Crippen LogP contribution in [0.5, 0.6) is 0 Å². The van der Waals surface area contributed by atoms with Gasteiger partial charge in [-0.3, -0.25) is 4.98 Å². The van der Waals surface area contributed by atoms with Gasteiger partial charge in [-0.2, -0.15) is 0 Å². The molecule has 1 heterocycles. The molecule has 0 atom stereocenters. The summed E-state index contributed by atoms with van der Waals surface area (Å²) in [7, 11) is 1.94. The Kier molecular flexibility index (Phi) is 2.85. The van der Waals surface area contributed by atoms with E-state index in [1.807, 2.05) is 11.9 Å². The monoisotopic (exact) mass is 167 g/mol. The molecule has 0 amide bonds. The van der Waals surface area contributed by atoms with Crippen LogP contribution in [0.3, 0.4) is 0 Å². The Hall–Kier alpha value is -1.32. The van der Waals surface area contributed by atoms with Gasteiger partial charge in [-0.25, -0.2) is 9.78 Å². The van der Waals surface area contributed by atoms with Crippen molar-refractivity contribution in [3.63, 3.8) is 0 Å². The Balaban J connectivity index is 2.80. The molecule has 0 aliphatic heterocycles. The fourth-order valence-electron chi connectivity index (χ4n) is 1.04. The fourth-order valence-corrected chi connectivity index (χ4v) is 1.04. The van der Waals surface area contributed by atoms with Crippen molar-refractivity contribution in [1.29, 1.82) is 0 Å². The minimum absolute atomic E-state index is 0.296. The Bertz CT molecular complexity index is 294. The van der Waals surface area contributed by atoms with Gasteiger partial charge in [-0.1, -0.05) is 6.92 Å². The molecule has 0 unspecified atom stereocenters. The Morgan fingerprint density at radius 1 is 1.67 bits per heavy atom. The molecule has 1 aromatic rings. The third-order valence-corrected chi connectivity index (χ3v) is 1.63. The first-order chi connectivity index (χ1) is 5.74. The van der Waals surface area contributed by atoms with Gasteiger partial charge in [0.15, 0.2) is 0 Å². The van der Waals surface area contributed by atoms with E-state index in [2.05, 4.69) is 16.9 Å². The number of H-pyrrole nitrogens is 1. The lowest BCUT2D eigenvalue weighted by molar-refractivity contribution is 0.829. The summed E-state index contributed by atoms with van der Waals surface area (Å²) < 4.78 is 0. The second-order valence-electron chi connectivity index (χ2n) is 2.68. The predicted octanol–water partition coefficient (Wildman–Crippen LogP) is 0.616. The van der Waals surface area contributed by atoms with E-state index in [0.717, 1.165) is 18.8 Å². The van der Waals surface area contributed by atoms with E-state index < -0.39 is 0 Å². The summed E-state index contributed by atoms with van der Waals surface area (Å²) in [6, 6.07) is 1.79. The van der Waals surface area contributed by atoms with Gasteiger partial charge in [0, 0.05) is 19.8 Å². The van der Waals surface area contributed by atoms with Crippen LogP contribution in [0.25, 0.3) is 0 Å². The first-order valence-corrected chi connectivity index (χ1v) is 4.00. The van der Waals surface area contributed by atoms with Crippen molar-refractivity contribution in [2.75, 3.05) is 18.5 Å². The molecular weight excluding hydrogens is 154 g/mol. The summed E-state index contributed by atoms with van der Waals surface area (Å²) in [5.74, 6) is 0.817. The molecule has 0 bridgehead atoms. The summed E-state index contributed by atoms with van der Waals surface area (Å²) in [6.07, 6.45) is 2.57. The second-order valence-corrected chi connectivity index (χ2v) is 2.68. The fraction of sp³-hybridized carbons (Fsp3) is 0.500. The highest BCUT2D eigenvalue weighted by atomic mass is 16.1. The highest BCUT2D eigenvalue weighted by molar-refractivity contribution is 5.34. The summed E-state index contributed by atoms with van der Waals surface area (Å²) >= 11 is 0. The van der Waals surface area contributed by atoms with Crippen LogP contribution < -0.4 is 10.6 Å². The normalized spacial score (nSPS) is 9.83. The minimum atomic E-state index is -0.296. The molecule has 0 fully saturated rings. The Labute approximate surface area is 71.3 Å². The van der Waals surface area contributed by atoms with Gasteiger partial charge < -0.3 is 4.90 Å². The molecule has 0 aliphatic carbocycles. The number of aromatic nitrogens is 2. The van der Waals surface area contributed by atoms with Crippen LogP contribution in [0.15, 0.2) is 17.1 Å². The van der Waals surface area contributed by atoms with Crippen LogP contribution >= 0.6 is 0 Å². The van der Waals surface area contributed by atoms with Crippen molar-refractivity contribution in [3.8, 4) is 0 Å². The number of hydrogen-bond donors (Lipinski definition) is 1. The zero-order valence-corrected chi connectivity index (χ0v) is 7.37. The summed E-state index contributed by atoms with van der Waals surface area (Å²) in [4.78, 5) is 19.0. The lowest BCUT2D eigenvalue weighted by Crippen LogP contribution is -2.22. The van der Waals surface area contributed by atoms with E-state index in [1.165, 1.54) is 6.20 Å². The molecule has 1 rings (SSSR count). The molecule has 4 nitrogen and oxygen atoms in total. The zero-order chi connectivity index (χ0) is 8.97. The largest absolute Gasteiger partial charge is 0.361 e. The van der Waals surface area contributed by atoms with E-state index in [0.29, 0.717) is 0 Å². The zero-order valence-electron chi connectivity index (χ0n) is 7.37. The Morgan fingerprint density at radius 2 is 2.42 bits per heavy atom. The third-order valence-electron chi connectivity index (χ3n) is 1.63. The first-order valence-electron chi connectivity index (χ1n) is 4.00.